The highest BCUT2D eigenvalue weighted by molar-refractivity contribution is 5.91. The maximum atomic E-state index is 11.7. The van der Waals surface area contributed by atoms with Crippen LogP contribution in [0.5, 0.6) is 0 Å². The van der Waals surface area contributed by atoms with Gasteiger partial charge in [0.25, 0.3) is 0 Å². The van der Waals surface area contributed by atoms with Gasteiger partial charge in [0.15, 0.2) is 5.78 Å². The standard InChI is InChI=1S/C14H26N2O3/c1-12(2)13(17)7-6-8-16(9-10-19-5)11-14(18)15(3)4/h6-7,12H,8-11H2,1-5H3/b7-6+. The third-order valence-corrected chi connectivity index (χ3v) is 2.68. The van der Waals surface area contributed by atoms with E-state index in [4.69, 9.17) is 4.74 Å². The van der Waals surface area contributed by atoms with Gasteiger partial charge in [-0.05, 0) is 6.08 Å². The van der Waals surface area contributed by atoms with Crippen molar-refractivity contribution in [1.82, 2.24) is 9.80 Å². The van der Waals surface area contributed by atoms with Crippen LogP contribution in [0.1, 0.15) is 13.8 Å². The van der Waals surface area contributed by atoms with Crippen molar-refractivity contribution in [2.75, 3.05) is 47.4 Å². The minimum absolute atomic E-state index is 0.00656. The van der Waals surface area contributed by atoms with Crippen LogP contribution in [0.3, 0.4) is 0 Å². The van der Waals surface area contributed by atoms with Crippen LogP contribution in [0.2, 0.25) is 0 Å². The van der Waals surface area contributed by atoms with Crippen molar-refractivity contribution in [2.45, 2.75) is 13.8 Å². The average Bonchev–Trinajstić information content (AvgIpc) is 2.34. The zero-order valence-corrected chi connectivity index (χ0v) is 12.7. The molecule has 0 atom stereocenters. The Kier molecular flexibility index (Phi) is 9.08. The summed E-state index contributed by atoms with van der Waals surface area (Å²) in [7, 11) is 5.09. The number of amides is 1. The van der Waals surface area contributed by atoms with Crippen LogP contribution in [0.4, 0.5) is 0 Å². The summed E-state index contributed by atoms with van der Waals surface area (Å²) in [6.07, 6.45) is 3.39. The number of carbonyl (C=O) groups excluding carboxylic acids is 2. The SMILES string of the molecule is COCCN(C/C=C/C(=O)C(C)C)CC(=O)N(C)C. The predicted molar refractivity (Wildman–Crippen MR) is 76.0 cm³/mol. The molecular formula is C14H26N2O3. The molecule has 0 aliphatic rings. The normalized spacial score (nSPS) is 11.5. The molecule has 0 aromatic rings. The molecule has 0 unspecified atom stereocenters. The number of allylic oxidation sites excluding steroid dienone is 1. The Labute approximate surface area is 116 Å². The largest absolute Gasteiger partial charge is 0.383 e. The van der Waals surface area contributed by atoms with Crippen LogP contribution >= 0.6 is 0 Å². The summed E-state index contributed by atoms with van der Waals surface area (Å²) in [5, 5.41) is 0. The van der Waals surface area contributed by atoms with E-state index >= 15 is 0 Å². The van der Waals surface area contributed by atoms with E-state index in [2.05, 4.69) is 0 Å². The van der Waals surface area contributed by atoms with Crippen LogP contribution < -0.4 is 0 Å². The van der Waals surface area contributed by atoms with Gasteiger partial charge in [-0.15, -0.1) is 0 Å². The van der Waals surface area contributed by atoms with Crippen LogP contribution in [0.15, 0.2) is 12.2 Å². The fraction of sp³-hybridized carbons (Fsp3) is 0.714. The molecule has 0 saturated heterocycles. The quantitative estimate of drug-likeness (QED) is 0.582. The topological polar surface area (TPSA) is 49.9 Å². The van der Waals surface area contributed by atoms with Gasteiger partial charge in [0.05, 0.1) is 13.2 Å². The maximum Gasteiger partial charge on any atom is 0.236 e. The van der Waals surface area contributed by atoms with E-state index in [-0.39, 0.29) is 17.6 Å². The van der Waals surface area contributed by atoms with Crippen LogP contribution in [-0.4, -0.2) is 68.9 Å². The van der Waals surface area contributed by atoms with Gasteiger partial charge in [-0.1, -0.05) is 19.9 Å². The Bertz CT molecular complexity index is 312. The average molecular weight is 270 g/mol. The molecule has 0 spiro atoms. The third-order valence-electron chi connectivity index (χ3n) is 2.68. The van der Waals surface area contributed by atoms with Gasteiger partial charge < -0.3 is 9.64 Å². The van der Waals surface area contributed by atoms with E-state index in [0.29, 0.717) is 26.2 Å². The molecule has 0 aromatic carbocycles. The highest BCUT2D eigenvalue weighted by Crippen LogP contribution is 1.97. The Hall–Kier alpha value is -1.20. The maximum absolute atomic E-state index is 11.7. The van der Waals surface area contributed by atoms with Gasteiger partial charge in [-0.2, -0.15) is 0 Å². The summed E-state index contributed by atoms with van der Waals surface area (Å²) in [4.78, 5) is 26.7. The summed E-state index contributed by atoms with van der Waals surface area (Å²) in [6.45, 7) is 5.86. The summed E-state index contributed by atoms with van der Waals surface area (Å²) < 4.78 is 5.02. The number of hydrogen-bond donors (Lipinski definition) is 0. The number of likely N-dealkylation sites (N-methyl/N-ethyl adjacent to an activating group) is 1. The minimum Gasteiger partial charge on any atom is -0.383 e. The molecule has 110 valence electrons. The number of nitrogens with zero attached hydrogens (tertiary/aromatic N) is 2. The number of rotatable bonds is 9. The molecule has 0 saturated carbocycles. The van der Waals surface area contributed by atoms with E-state index in [1.807, 2.05) is 18.7 Å². The molecule has 0 radical (unpaired) electrons. The van der Waals surface area contributed by atoms with Gasteiger partial charge >= 0.3 is 0 Å². The second-order valence-electron chi connectivity index (χ2n) is 4.98. The van der Waals surface area contributed by atoms with Gasteiger partial charge in [0.2, 0.25) is 5.91 Å². The molecule has 5 nitrogen and oxygen atoms in total. The molecule has 0 aromatic heterocycles. The fourth-order valence-electron chi connectivity index (χ4n) is 1.30. The molecule has 0 aliphatic carbocycles. The second kappa shape index (κ2) is 9.69. The molecule has 0 rings (SSSR count). The lowest BCUT2D eigenvalue weighted by Crippen LogP contribution is -2.38. The van der Waals surface area contributed by atoms with Gasteiger partial charge in [-0.25, -0.2) is 0 Å². The van der Waals surface area contributed by atoms with E-state index in [9.17, 15) is 9.59 Å². The first-order valence-electron chi connectivity index (χ1n) is 6.50. The Morgan fingerprint density at radius 1 is 1.26 bits per heavy atom. The van der Waals surface area contributed by atoms with Crippen molar-refractivity contribution in [1.29, 1.82) is 0 Å². The lowest BCUT2D eigenvalue weighted by molar-refractivity contribution is -0.129. The van der Waals surface area contributed by atoms with Gasteiger partial charge in [-0.3, -0.25) is 14.5 Å². The lowest BCUT2D eigenvalue weighted by atomic mass is 10.1. The first-order chi connectivity index (χ1) is 8.88. The second-order valence-corrected chi connectivity index (χ2v) is 4.98. The first kappa shape index (κ1) is 17.8. The molecule has 0 N–H and O–H groups in total. The summed E-state index contributed by atoms with van der Waals surface area (Å²) in [6, 6.07) is 0. The van der Waals surface area contributed by atoms with Gasteiger partial charge in [0, 0.05) is 40.2 Å². The first-order valence-corrected chi connectivity index (χ1v) is 6.50. The zero-order chi connectivity index (χ0) is 14.8. The number of hydrogen-bond acceptors (Lipinski definition) is 4. The Morgan fingerprint density at radius 2 is 1.89 bits per heavy atom. The molecule has 0 bridgehead atoms. The van der Waals surface area contributed by atoms with E-state index in [0.717, 1.165) is 0 Å². The number of ether oxygens (including phenoxy) is 1. The molecule has 0 aliphatic heterocycles. The number of ketones is 1. The molecular weight excluding hydrogens is 244 g/mol. The smallest absolute Gasteiger partial charge is 0.236 e. The van der Waals surface area contributed by atoms with Crippen molar-refractivity contribution >= 4 is 11.7 Å². The van der Waals surface area contributed by atoms with Crippen LogP contribution in [0.25, 0.3) is 0 Å². The Morgan fingerprint density at radius 3 is 2.37 bits per heavy atom. The van der Waals surface area contributed by atoms with Crippen molar-refractivity contribution in [2.24, 2.45) is 5.92 Å². The molecule has 1 amide bonds. The van der Waals surface area contributed by atoms with Gasteiger partial charge in [0.1, 0.15) is 0 Å². The highest BCUT2D eigenvalue weighted by Gasteiger charge is 2.11. The molecule has 0 heterocycles. The number of carbonyl (C=O) groups is 2. The molecule has 0 fully saturated rings. The summed E-state index contributed by atoms with van der Waals surface area (Å²) >= 11 is 0. The van der Waals surface area contributed by atoms with Crippen molar-refractivity contribution < 1.29 is 14.3 Å². The third kappa shape index (κ3) is 8.51. The minimum atomic E-state index is 0.00656. The molecule has 19 heavy (non-hydrogen) atoms. The fourth-order valence-corrected chi connectivity index (χ4v) is 1.30. The van der Waals surface area contributed by atoms with E-state index < -0.39 is 0 Å². The van der Waals surface area contributed by atoms with Crippen molar-refractivity contribution in [3.63, 3.8) is 0 Å². The van der Waals surface area contributed by atoms with Crippen LogP contribution in [-0.2, 0) is 14.3 Å². The monoisotopic (exact) mass is 270 g/mol. The van der Waals surface area contributed by atoms with Crippen LogP contribution in [0, 0.1) is 5.92 Å². The van der Waals surface area contributed by atoms with Crippen molar-refractivity contribution in [3.05, 3.63) is 12.2 Å². The van der Waals surface area contributed by atoms with Crippen molar-refractivity contribution in [3.8, 4) is 0 Å². The zero-order valence-electron chi connectivity index (χ0n) is 12.7. The van der Waals surface area contributed by atoms with E-state index in [1.165, 1.54) is 0 Å². The lowest BCUT2D eigenvalue weighted by Gasteiger charge is -2.21. The number of methoxy groups -OCH3 is 1. The Balaban J connectivity index is 4.34. The molecule has 5 heteroatoms. The predicted octanol–water partition coefficient (Wildman–Crippen LogP) is 0.804. The highest BCUT2D eigenvalue weighted by atomic mass is 16.5. The van der Waals surface area contributed by atoms with E-state index in [1.54, 1.807) is 38.3 Å². The summed E-state index contributed by atoms with van der Waals surface area (Å²) in [5.74, 6) is 0.150. The summed E-state index contributed by atoms with van der Waals surface area (Å²) in [5.41, 5.74) is 0.